The number of nitrogens with zero attached hydrogens (tertiary/aromatic N) is 5. The maximum absolute atomic E-state index is 12.3. The lowest BCUT2D eigenvalue weighted by atomic mass is 10.0. The molecule has 1 aromatic heterocycles. The lowest BCUT2D eigenvalue weighted by molar-refractivity contribution is -0.119. The molecule has 0 bridgehead atoms. The monoisotopic (exact) mass is 321 g/mol. The van der Waals surface area contributed by atoms with Crippen LogP contribution in [0.25, 0.3) is 0 Å². The third-order valence-corrected chi connectivity index (χ3v) is 3.64. The van der Waals surface area contributed by atoms with E-state index in [0.29, 0.717) is 0 Å². The molecule has 1 aliphatic heterocycles. The van der Waals surface area contributed by atoms with Crippen LogP contribution in [0.5, 0.6) is 0 Å². The minimum atomic E-state index is 0.00979. The minimum Gasteiger partial charge on any atom is -0.311 e. The summed E-state index contributed by atoms with van der Waals surface area (Å²) in [5.74, 6) is 0.00979. The van der Waals surface area contributed by atoms with Gasteiger partial charge in [0.15, 0.2) is 0 Å². The van der Waals surface area contributed by atoms with Crippen molar-refractivity contribution < 1.29 is 4.79 Å². The van der Waals surface area contributed by atoms with Gasteiger partial charge in [0, 0.05) is 16.7 Å². The van der Waals surface area contributed by atoms with Crippen molar-refractivity contribution in [1.82, 2.24) is 20.2 Å². The van der Waals surface area contributed by atoms with Gasteiger partial charge in [-0.1, -0.05) is 15.9 Å². The van der Waals surface area contributed by atoms with Gasteiger partial charge in [-0.05, 0) is 47.0 Å². The van der Waals surface area contributed by atoms with Crippen molar-refractivity contribution in [2.45, 2.75) is 19.4 Å². The number of carbonyl (C=O) groups is 1. The smallest absolute Gasteiger partial charge is 0.248 e. The highest BCUT2D eigenvalue weighted by Gasteiger charge is 2.22. The average Bonchev–Trinajstić information content (AvgIpc) is 2.90. The zero-order valence-electron chi connectivity index (χ0n) is 10.2. The van der Waals surface area contributed by atoms with Gasteiger partial charge in [-0.25, -0.2) is 4.68 Å². The molecule has 2 aromatic rings. The van der Waals surface area contributed by atoms with Crippen LogP contribution < -0.4 is 4.90 Å². The Morgan fingerprint density at radius 3 is 3.11 bits per heavy atom. The van der Waals surface area contributed by atoms with Gasteiger partial charge >= 0.3 is 0 Å². The first-order chi connectivity index (χ1) is 9.24. The highest BCUT2D eigenvalue weighted by atomic mass is 79.9. The normalized spacial score (nSPS) is 14.3. The van der Waals surface area contributed by atoms with E-state index < -0.39 is 0 Å². The van der Waals surface area contributed by atoms with Gasteiger partial charge < -0.3 is 4.90 Å². The molecule has 1 aliphatic rings. The molecule has 98 valence electrons. The summed E-state index contributed by atoms with van der Waals surface area (Å²) in [5, 5.41) is 10.8. The van der Waals surface area contributed by atoms with E-state index in [1.165, 1.54) is 16.6 Å². The largest absolute Gasteiger partial charge is 0.311 e. The van der Waals surface area contributed by atoms with Crippen LogP contribution in [0.2, 0.25) is 0 Å². The maximum Gasteiger partial charge on any atom is 0.248 e. The molecule has 0 fully saturated rings. The number of aryl methyl sites for hydroxylation is 1. The summed E-state index contributed by atoms with van der Waals surface area (Å²) in [6, 6.07) is 6.02. The minimum absolute atomic E-state index is 0.00979. The van der Waals surface area contributed by atoms with E-state index in [-0.39, 0.29) is 12.5 Å². The second kappa shape index (κ2) is 5.08. The number of benzene rings is 1. The van der Waals surface area contributed by atoms with Gasteiger partial charge in [0.05, 0.1) is 0 Å². The Bertz CT molecular complexity index is 598. The Balaban J connectivity index is 1.85. The Labute approximate surface area is 118 Å². The van der Waals surface area contributed by atoms with E-state index in [1.807, 2.05) is 17.0 Å². The van der Waals surface area contributed by atoms with E-state index in [0.717, 1.165) is 29.5 Å². The number of tetrazole rings is 1. The number of hydrogen-bond acceptors (Lipinski definition) is 4. The Kier molecular flexibility index (Phi) is 3.29. The fraction of sp³-hybridized carbons (Fsp3) is 0.333. The standard InChI is InChI=1S/C12H12BrN5O/c13-10-3-4-11-9(6-10)2-1-5-18(11)12(19)7-17-8-14-15-16-17/h3-4,6,8H,1-2,5,7H2. The number of halogens is 1. The Hall–Kier alpha value is -1.76. The quantitative estimate of drug-likeness (QED) is 0.839. The number of aromatic nitrogens is 4. The van der Waals surface area contributed by atoms with E-state index in [1.54, 1.807) is 0 Å². The van der Waals surface area contributed by atoms with Crippen LogP contribution in [-0.2, 0) is 17.8 Å². The predicted molar refractivity (Wildman–Crippen MR) is 72.6 cm³/mol. The number of fused-ring (bicyclic) bond motifs is 1. The predicted octanol–water partition coefficient (Wildman–Crippen LogP) is 1.41. The molecule has 0 saturated heterocycles. The van der Waals surface area contributed by atoms with Gasteiger partial charge in [-0.15, -0.1) is 5.10 Å². The van der Waals surface area contributed by atoms with Gasteiger partial charge in [0.2, 0.25) is 5.91 Å². The number of anilines is 1. The molecule has 0 saturated carbocycles. The summed E-state index contributed by atoms with van der Waals surface area (Å²) in [6.07, 6.45) is 3.43. The topological polar surface area (TPSA) is 63.9 Å². The summed E-state index contributed by atoms with van der Waals surface area (Å²) in [7, 11) is 0. The molecule has 1 aromatic carbocycles. The van der Waals surface area contributed by atoms with E-state index >= 15 is 0 Å². The number of amides is 1. The van der Waals surface area contributed by atoms with E-state index in [2.05, 4.69) is 37.5 Å². The molecule has 3 rings (SSSR count). The van der Waals surface area contributed by atoms with Crippen LogP contribution in [0.1, 0.15) is 12.0 Å². The van der Waals surface area contributed by atoms with E-state index in [9.17, 15) is 4.79 Å². The molecule has 0 N–H and O–H groups in total. The first-order valence-corrected chi connectivity index (χ1v) is 6.83. The van der Waals surface area contributed by atoms with Gasteiger partial charge in [0.25, 0.3) is 0 Å². The zero-order chi connectivity index (χ0) is 13.2. The maximum atomic E-state index is 12.3. The molecule has 0 radical (unpaired) electrons. The Morgan fingerprint density at radius 2 is 2.32 bits per heavy atom. The molecule has 1 amide bonds. The summed E-state index contributed by atoms with van der Waals surface area (Å²) < 4.78 is 2.48. The fourth-order valence-electron chi connectivity index (χ4n) is 2.30. The fourth-order valence-corrected chi connectivity index (χ4v) is 2.71. The van der Waals surface area contributed by atoms with Crippen molar-refractivity contribution in [3.63, 3.8) is 0 Å². The summed E-state index contributed by atoms with van der Waals surface area (Å²) in [6.45, 7) is 0.915. The lowest BCUT2D eigenvalue weighted by Gasteiger charge is -2.29. The van der Waals surface area contributed by atoms with Gasteiger partial charge in [-0.3, -0.25) is 4.79 Å². The van der Waals surface area contributed by atoms with Crippen molar-refractivity contribution >= 4 is 27.5 Å². The van der Waals surface area contributed by atoms with Crippen molar-refractivity contribution in [1.29, 1.82) is 0 Å². The molecule has 2 heterocycles. The molecule has 0 atom stereocenters. The van der Waals surface area contributed by atoms with Crippen LogP contribution in [0.15, 0.2) is 29.0 Å². The summed E-state index contributed by atoms with van der Waals surface area (Å²) in [5.41, 5.74) is 2.19. The van der Waals surface area contributed by atoms with Crippen LogP contribution in [0, 0.1) is 0 Å². The molecule has 6 nitrogen and oxygen atoms in total. The molecule has 19 heavy (non-hydrogen) atoms. The number of rotatable bonds is 2. The molecular weight excluding hydrogens is 310 g/mol. The number of hydrogen-bond donors (Lipinski definition) is 0. The zero-order valence-corrected chi connectivity index (χ0v) is 11.7. The van der Waals surface area contributed by atoms with E-state index in [4.69, 9.17) is 0 Å². The Morgan fingerprint density at radius 1 is 1.42 bits per heavy atom. The molecule has 7 heteroatoms. The summed E-state index contributed by atoms with van der Waals surface area (Å²) in [4.78, 5) is 14.1. The molecule has 0 spiro atoms. The van der Waals surface area contributed by atoms with Crippen molar-refractivity contribution in [2.75, 3.05) is 11.4 Å². The van der Waals surface area contributed by atoms with Crippen molar-refractivity contribution in [3.8, 4) is 0 Å². The van der Waals surface area contributed by atoms with Crippen LogP contribution >= 0.6 is 15.9 Å². The second-order valence-electron chi connectivity index (χ2n) is 4.43. The number of carbonyl (C=O) groups excluding carboxylic acids is 1. The van der Waals surface area contributed by atoms with Crippen LogP contribution in [-0.4, -0.2) is 32.7 Å². The average molecular weight is 322 g/mol. The SMILES string of the molecule is O=C(Cn1cnnn1)N1CCCc2cc(Br)ccc21. The molecule has 0 aliphatic carbocycles. The van der Waals surface area contributed by atoms with Crippen LogP contribution in [0.4, 0.5) is 5.69 Å². The first-order valence-electron chi connectivity index (χ1n) is 6.03. The molecular formula is C12H12BrN5O. The van der Waals surface area contributed by atoms with Crippen LogP contribution in [0.3, 0.4) is 0 Å². The summed E-state index contributed by atoms with van der Waals surface area (Å²) >= 11 is 3.46. The second-order valence-corrected chi connectivity index (χ2v) is 5.35. The highest BCUT2D eigenvalue weighted by molar-refractivity contribution is 9.10. The third kappa shape index (κ3) is 2.51. The van der Waals surface area contributed by atoms with Crippen molar-refractivity contribution in [2.24, 2.45) is 0 Å². The van der Waals surface area contributed by atoms with Gasteiger partial charge in [-0.2, -0.15) is 0 Å². The lowest BCUT2D eigenvalue weighted by Crippen LogP contribution is -2.37. The first kappa shape index (κ1) is 12.3. The van der Waals surface area contributed by atoms with Crippen molar-refractivity contribution in [3.05, 3.63) is 34.6 Å². The third-order valence-electron chi connectivity index (χ3n) is 3.15. The molecule has 0 unspecified atom stereocenters. The van der Waals surface area contributed by atoms with Gasteiger partial charge in [0.1, 0.15) is 12.9 Å². The highest BCUT2D eigenvalue weighted by Crippen LogP contribution is 2.29.